The van der Waals surface area contributed by atoms with E-state index in [0.29, 0.717) is 18.2 Å². The van der Waals surface area contributed by atoms with Crippen LogP contribution in [-0.2, 0) is 14.6 Å². The Hall–Kier alpha value is -4.42. The topological polar surface area (TPSA) is 132 Å². The first kappa shape index (κ1) is 31.2. The highest BCUT2D eigenvalue weighted by molar-refractivity contribution is 7.92. The highest BCUT2D eigenvalue weighted by atomic mass is 32.2. The molecule has 2 aliphatic heterocycles. The lowest BCUT2D eigenvalue weighted by Gasteiger charge is -2.34. The number of rotatable bonds is 11. The summed E-state index contributed by atoms with van der Waals surface area (Å²) < 4.78 is 33.8. The number of methoxy groups -OCH3 is 1. The van der Waals surface area contributed by atoms with Crippen molar-refractivity contribution in [3.8, 4) is 5.69 Å². The molecule has 1 aliphatic carbocycles. The predicted octanol–water partition coefficient (Wildman–Crippen LogP) is 4.44. The number of pyridine rings is 1. The number of nitrogens with zero attached hydrogens (tertiary/aromatic N) is 5. The number of aromatic nitrogens is 3. The zero-order valence-corrected chi connectivity index (χ0v) is 27.1. The largest absolute Gasteiger partial charge is 0.384 e. The van der Waals surface area contributed by atoms with Gasteiger partial charge in [0, 0.05) is 39.3 Å². The van der Waals surface area contributed by atoms with Crippen LogP contribution in [0.3, 0.4) is 0 Å². The number of anilines is 1. The number of hydrogen-bond acceptors (Lipinski definition) is 9. The Balaban J connectivity index is 1.21. The number of imide groups is 1. The van der Waals surface area contributed by atoms with E-state index >= 15 is 0 Å². The Bertz CT molecular complexity index is 1930. The van der Waals surface area contributed by atoms with E-state index in [1.807, 2.05) is 30.3 Å². The first-order valence-corrected chi connectivity index (χ1v) is 18.0. The second-order valence-corrected chi connectivity index (χ2v) is 14.9. The van der Waals surface area contributed by atoms with Gasteiger partial charge in [0.05, 0.1) is 39.3 Å². The molecule has 4 aromatic rings. The average molecular weight is 656 g/mol. The van der Waals surface area contributed by atoms with E-state index in [0.717, 1.165) is 72.5 Å². The van der Waals surface area contributed by atoms with E-state index in [-0.39, 0.29) is 29.3 Å². The van der Waals surface area contributed by atoms with Crippen LogP contribution in [0.5, 0.6) is 0 Å². The van der Waals surface area contributed by atoms with Gasteiger partial charge in [0.2, 0.25) is 0 Å². The van der Waals surface area contributed by atoms with Gasteiger partial charge < -0.3 is 9.64 Å². The smallest absolute Gasteiger partial charge is 0.261 e. The molecule has 0 unspecified atom stereocenters. The van der Waals surface area contributed by atoms with Gasteiger partial charge in [0.25, 0.3) is 11.8 Å². The number of amides is 2. The number of ketones is 1. The number of piperidine rings is 1. The van der Waals surface area contributed by atoms with Crippen LogP contribution in [0.4, 0.5) is 5.69 Å². The number of fused-ring (bicyclic) bond motifs is 2. The standard InChI is InChI=1S/C35H37N5O6S/c1-46-21-23-14-16-38(17-15-23)29-20-28(36-33-31(29)32(24-8-7-9-24)37-40(33)25-10-3-2-4-11-25)30(41)22-47(44,45)19-18-39-34(42)26-12-5-6-13-27(26)35(39)43/h2-6,10-13,20,23-24H,7-9,14-19,21-22H2,1H3. The SMILES string of the molecule is COCC1CCN(c2cc(C(=O)CS(=O)(=O)CCN3C(=O)c4ccccc4C3=O)nc3c2c(C2CCC2)nn3-c2ccccc2)CC1. The van der Waals surface area contributed by atoms with Crippen LogP contribution in [0.15, 0.2) is 60.7 Å². The summed E-state index contributed by atoms with van der Waals surface area (Å²) in [5.74, 6) is -2.29. The Labute approximate surface area is 273 Å². The third kappa shape index (κ3) is 5.96. The maximum atomic E-state index is 13.8. The van der Waals surface area contributed by atoms with Crippen LogP contribution in [0.2, 0.25) is 0 Å². The number of carbonyl (C=O) groups is 3. The van der Waals surface area contributed by atoms with Crippen molar-refractivity contribution in [1.29, 1.82) is 0 Å². The zero-order chi connectivity index (χ0) is 32.7. The monoisotopic (exact) mass is 655 g/mol. The van der Waals surface area contributed by atoms with Crippen LogP contribution in [0.1, 0.15) is 74.9 Å². The number of hydrogen-bond donors (Lipinski definition) is 0. The van der Waals surface area contributed by atoms with E-state index in [1.54, 1.807) is 42.1 Å². The number of Topliss-reactive ketones (excluding diaryl/α,β-unsaturated/α-hetero) is 1. The first-order valence-electron chi connectivity index (χ1n) is 16.2. The van der Waals surface area contributed by atoms with Crippen molar-refractivity contribution in [2.45, 2.75) is 38.0 Å². The minimum Gasteiger partial charge on any atom is -0.384 e. The van der Waals surface area contributed by atoms with Crippen LogP contribution in [-0.4, -0.2) is 90.5 Å². The van der Waals surface area contributed by atoms with Gasteiger partial charge in [0.15, 0.2) is 21.3 Å². The first-order chi connectivity index (χ1) is 22.7. The third-order valence-electron chi connectivity index (χ3n) is 9.64. The molecule has 0 N–H and O–H groups in total. The van der Waals surface area contributed by atoms with E-state index in [9.17, 15) is 22.8 Å². The third-order valence-corrected chi connectivity index (χ3v) is 11.1. The maximum Gasteiger partial charge on any atom is 0.261 e. The van der Waals surface area contributed by atoms with Crippen LogP contribution in [0.25, 0.3) is 16.7 Å². The minimum atomic E-state index is -4.01. The summed E-state index contributed by atoms with van der Waals surface area (Å²) in [6.45, 7) is 1.89. The molecule has 1 saturated heterocycles. The zero-order valence-electron chi connectivity index (χ0n) is 26.3. The summed E-state index contributed by atoms with van der Waals surface area (Å²) in [7, 11) is -2.29. The molecular formula is C35H37N5O6S. The average Bonchev–Trinajstić information content (AvgIpc) is 3.54. The van der Waals surface area contributed by atoms with E-state index in [1.165, 1.54) is 0 Å². The fourth-order valence-electron chi connectivity index (χ4n) is 6.83. The Kier molecular flexibility index (Phi) is 8.39. The molecule has 0 spiro atoms. The summed E-state index contributed by atoms with van der Waals surface area (Å²) in [5.41, 5.74) is 3.69. The molecule has 3 aliphatic rings. The lowest BCUT2D eigenvalue weighted by atomic mass is 9.81. The minimum absolute atomic E-state index is 0.0491. The van der Waals surface area contributed by atoms with E-state index in [4.69, 9.17) is 14.8 Å². The summed E-state index contributed by atoms with van der Waals surface area (Å²) in [6.07, 6.45) is 5.05. The quantitative estimate of drug-likeness (QED) is 0.170. The van der Waals surface area contributed by atoms with E-state index < -0.39 is 38.9 Å². The predicted molar refractivity (Wildman–Crippen MR) is 177 cm³/mol. The number of para-hydroxylation sites is 1. The summed E-state index contributed by atoms with van der Waals surface area (Å²) in [4.78, 5) is 47.3. The molecule has 244 valence electrons. The maximum absolute atomic E-state index is 13.8. The van der Waals surface area contributed by atoms with Crippen LogP contribution >= 0.6 is 0 Å². The van der Waals surface area contributed by atoms with Gasteiger partial charge in [-0.05, 0) is 61.9 Å². The molecule has 2 amide bonds. The summed E-state index contributed by atoms with van der Waals surface area (Å²) >= 11 is 0. The highest BCUT2D eigenvalue weighted by Gasteiger charge is 2.36. The fraction of sp³-hybridized carbons (Fsp3) is 0.400. The fourth-order valence-corrected chi connectivity index (χ4v) is 7.98. The van der Waals surface area contributed by atoms with Gasteiger partial charge >= 0.3 is 0 Å². The van der Waals surface area contributed by atoms with Gasteiger partial charge in [-0.15, -0.1) is 0 Å². The molecule has 11 nitrogen and oxygen atoms in total. The lowest BCUT2D eigenvalue weighted by molar-refractivity contribution is 0.0664. The normalized spacial score (nSPS) is 17.4. The molecule has 2 aromatic carbocycles. The van der Waals surface area contributed by atoms with Crippen LogP contribution in [0, 0.1) is 5.92 Å². The Morgan fingerprint density at radius 3 is 2.21 bits per heavy atom. The van der Waals surface area contributed by atoms with Gasteiger partial charge in [-0.1, -0.05) is 36.8 Å². The Morgan fingerprint density at radius 2 is 1.60 bits per heavy atom. The van der Waals surface area contributed by atoms with Crippen molar-refractivity contribution in [1.82, 2.24) is 19.7 Å². The molecule has 7 rings (SSSR count). The van der Waals surface area contributed by atoms with Crippen molar-refractivity contribution in [2.75, 3.05) is 49.8 Å². The molecule has 2 aromatic heterocycles. The van der Waals surface area contributed by atoms with Crippen LogP contribution < -0.4 is 4.90 Å². The molecular weight excluding hydrogens is 618 g/mol. The molecule has 47 heavy (non-hydrogen) atoms. The van der Waals surface area contributed by atoms with Crippen molar-refractivity contribution in [2.24, 2.45) is 5.92 Å². The van der Waals surface area contributed by atoms with Crippen molar-refractivity contribution in [3.05, 3.63) is 83.2 Å². The molecule has 12 heteroatoms. The second-order valence-electron chi connectivity index (χ2n) is 12.7. The molecule has 4 heterocycles. The van der Waals surface area contributed by atoms with Gasteiger partial charge in [-0.25, -0.2) is 18.1 Å². The summed E-state index contributed by atoms with van der Waals surface area (Å²) in [5, 5.41) is 5.98. The summed E-state index contributed by atoms with van der Waals surface area (Å²) in [6, 6.07) is 17.8. The molecule has 2 fully saturated rings. The number of carbonyl (C=O) groups excluding carboxylic acids is 3. The van der Waals surface area contributed by atoms with Crippen molar-refractivity contribution in [3.63, 3.8) is 0 Å². The molecule has 0 bridgehead atoms. The number of benzene rings is 2. The highest BCUT2D eigenvalue weighted by Crippen LogP contribution is 2.43. The lowest BCUT2D eigenvalue weighted by Crippen LogP contribution is -2.36. The molecule has 1 saturated carbocycles. The number of ether oxygens (including phenoxy) is 1. The van der Waals surface area contributed by atoms with Gasteiger partial charge in [0.1, 0.15) is 11.4 Å². The van der Waals surface area contributed by atoms with Gasteiger partial charge in [-0.3, -0.25) is 19.3 Å². The molecule has 0 atom stereocenters. The second kappa shape index (κ2) is 12.6. The van der Waals surface area contributed by atoms with Gasteiger partial charge in [-0.2, -0.15) is 5.10 Å². The van der Waals surface area contributed by atoms with Crippen molar-refractivity contribution >= 4 is 44.2 Å². The van der Waals surface area contributed by atoms with E-state index in [2.05, 4.69) is 4.90 Å². The Morgan fingerprint density at radius 1 is 0.936 bits per heavy atom. The molecule has 0 radical (unpaired) electrons. The number of sulfone groups is 1. The van der Waals surface area contributed by atoms with Crippen molar-refractivity contribution < 1.29 is 27.5 Å².